The Balaban J connectivity index is 0.000000286. The van der Waals surface area contributed by atoms with Gasteiger partial charge in [0.15, 0.2) is 0 Å². The fraction of sp³-hybridized carbons (Fsp3) is 0.262. The lowest BCUT2D eigenvalue weighted by Gasteiger charge is -2.08. The van der Waals surface area contributed by atoms with Crippen LogP contribution in [0.5, 0.6) is 17.2 Å². The van der Waals surface area contributed by atoms with E-state index < -0.39 is 0 Å². The molecule has 8 heteroatoms. The molecular formula is C42H46O8. The highest BCUT2D eigenvalue weighted by molar-refractivity contribution is 5.81. The van der Waals surface area contributed by atoms with Crippen molar-refractivity contribution >= 4 is 18.4 Å². The largest absolute Gasteiger partial charge is 0.494 e. The van der Waals surface area contributed by atoms with Gasteiger partial charge in [0.05, 0.1) is 26.1 Å². The van der Waals surface area contributed by atoms with Crippen LogP contribution in [0.25, 0.3) is 22.3 Å². The van der Waals surface area contributed by atoms with Crippen molar-refractivity contribution < 1.29 is 38.1 Å². The number of benzene rings is 4. The maximum atomic E-state index is 11.2. The molecule has 0 amide bonds. The highest BCUT2D eigenvalue weighted by Crippen LogP contribution is 2.26. The van der Waals surface area contributed by atoms with E-state index >= 15 is 0 Å². The monoisotopic (exact) mass is 678 g/mol. The van der Waals surface area contributed by atoms with E-state index in [0.717, 1.165) is 62.0 Å². The van der Waals surface area contributed by atoms with Crippen LogP contribution in [0.15, 0.2) is 129 Å². The van der Waals surface area contributed by atoms with Gasteiger partial charge >= 0.3 is 11.9 Å². The van der Waals surface area contributed by atoms with Gasteiger partial charge in [-0.15, -0.1) is 0 Å². The van der Waals surface area contributed by atoms with Crippen LogP contribution in [0.3, 0.4) is 0 Å². The van der Waals surface area contributed by atoms with Gasteiger partial charge in [0, 0.05) is 12.5 Å². The third-order valence-electron chi connectivity index (χ3n) is 7.41. The number of unbranched alkanes of at least 4 members (excludes halogenated alkanes) is 5. The second-order valence-corrected chi connectivity index (χ2v) is 11.1. The maximum Gasteiger partial charge on any atom is 0.330 e. The molecule has 0 aliphatic rings. The van der Waals surface area contributed by atoms with Crippen molar-refractivity contribution in [2.45, 2.75) is 51.4 Å². The van der Waals surface area contributed by atoms with Crippen molar-refractivity contribution in [1.29, 1.82) is 0 Å². The summed E-state index contributed by atoms with van der Waals surface area (Å²) in [6.45, 7) is 8.79. The second kappa shape index (κ2) is 23.7. The third kappa shape index (κ3) is 15.5. The normalized spacial score (nSPS) is 10.1. The minimum atomic E-state index is -0.375. The van der Waals surface area contributed by atoms with Gasteiger partial charge in [0.2, 0.25) is 0 Å². The smallest absolute Gasteiger partial charge is 0.330 e. The maximum absolute atomic E-state index is 11.2. The van der Waals surface area contributed by atoms with Gasteiger partial charge in [-0.25, -0.2) is 4.79 Å². The minimum absolute atomic E-state index is 0.228. The van der Waals surface area contributed by atoms with Crippen molar-refractivity contribution in [3.63, 3.8) is 0 Å². The molecule has 0 heterocycles. The van der Waals surface area contributed by atoms with Gasteiger partial charge in [-0.1, -0.05) is 79.9 Å². The lowest BCUT2D eigenvalue weighted by molar-refractivity contribution is -0.138. The van der Waals surface area contributed by atoms with Crippen LogP contribution >= 0.6 is 0 Å². The molecule has 0 saturated carbocycles. The predicted molar refractivity (Wildman–Crippen MR) is 196 cm³/mol. The summed E-state index contributed by atoms with van der Waals surface area (Å²) in [6, 6.07) is 34.0. The van der Waals surface area contributed by atoms with Crippen molar-refractivity contribution in [2.24, 2.45) is 0 Å². The first-order chi connectivity index (χ1) is 24.5. The van der Waals surface area contributed by atoms with E-state index in [2.05, 4.69) is 83.3 Å². The third-order valence-corrected chi connectivity index (χ3v) is 7.41. The van der Waals surface area contributed by atoms with Crippen LogP contribution in [-0.4, -0.2) is 38.2 Å². The minimum Gasteiger partial charge on any atom is -0.494 e. The number of carbonyl (C=O) groups is 3. The standard InChI is InChI=1S/C26H26O3.C16H20O5/c1-2-28-26(27)11-7-4-8-20-29-25-18-16-24(17-19-25)23-14-12-22(13-15-23)21-9-5-3-6-10-21;1-2-16(18)20-12-6-4-3-5-11-19-14-7-9-15(10-8-14)21-13-17/h2-3,5-6,9-10,12-19H,1,4,7-8,11,20H2;2,7-10,13H,1,3-6,11-12H2. The second-order valence-electron chi connectivity index (χ2n) is 11.1. The first-order valence-corrected chi connectivity index (χ1v) is 16.8. The molecule has 262 valence electrons. The van der Waals surface area contributed by atoms with Gasteiger partial charge in [0.1, 0.15) is 17.2 Å². The Morgan fingerprint density at radius 1 is 0.540 bits per heavy atom. The Bertz CT molecular complexity index is 1560. The van der Waals surface area contributed by atoms with Gasteiger partial charge in [-0.2, -0.15) is 0 Å². The molecule has 0 radical (unpaired) electrons. The lowest BCUT2D eigenvalue weighted by Crippen LogP contribution is -2.02. The molecule has 0 aliphatic carbocycles. The number of hydrogen-bond donors (Lipinski definition) is 0. The Kier molecular flexibility index (Phi) is 18.4. The van der Waals surface area contributed by atoms with Crippen LogP contribution in [-0.2, 0) is 23.9 Å². The molecule has 0 saturated heterocycles. The molecule has 0 fully saturated rings. The SMILES string of the molecule is C=CC(=O)OCCCCCCOc1ccc(OC=O)cc1.C=COC(=O)CCCCCOc1ccc(-c2ccc(-c3ccccc3)cc2)cc1. The van der Waals surface area contributed by atoms with E-state index in [9.17, 15) is 14.4 Å². The molecule has 8 nitrogen and oxygen atoms in total. The van der Waals surface area contributed by atoms with E-state index in [0.29, 0.717) is 38.5 Å². The topological polar surface area (TPSA) is 97.4 Å². The molecule has 0 N–H and O–H groups in total. The first-order valence-electron chi connectivity index (χ1n) is 16.8. The molecule has 0 unspecified atom stereocenters. The highest BCUT2D eigenvalue weighted by Gasteiger charge is 2.03. The van der Waals surface area contributed by atoms with Crippen LogP contribution in [0, 0.1) is 0 Å². The van der Waals surface area contributed by atoms with Crippen molar-refractivity contribution in [1.82, 2.24) is 0 Å². The van der Waals surface area contributed by atoms with Crippen LogP contribution in [0.1, 0.15) is 51.4 Å². The summed E-state index contributed by atoms with van der Waals surface area (Å²) in [6.07, 6.45) is 9.17. The lowest BCUT2D eigenvalue weighted by atomic mass is 10.0. The van der Waals surface area contributed by atoms with E-state index in [-0.39, 0.29) is 11.9 Å². The Morgan fingerprint density at radius 2 is 1.00 bits per heavy atom. The predicted octanol–water partition coefficient (Wildman–Crippen LogP) is 9.54. The molecule has 0 bridgehead atoms. The number of hydrogen-bond acceptors (Lipinski definition) is 8. The number of ether oxygens (including phenoxy) is 5. The summed E-state index contributed by atoms with van der Waals surface area (Å²) in [7, 11) is 0. The van der Waals surface area contributed by atoms with E-state index in [1.165, 1.54) is 29.0 Å². The van der Waals surface area contributed by atoms with E-state index in [4.69, 9.17) is 14.2 Å². The Morgan fingerprint density at radius 3 is 1.52 bits per heavy atom. The Labute approximate surface area is 295 Å². The molecular weight excluding hydrogens is 632 g/mol. The molecule has 0 atom stereocenters. The molecule has 50 heavy (non-hydrogen) atoms. The molecule has 0 spiro atoms. The van der Waals surface area contributed by atoms with Crippen molar-refractivity contribution in [3.8, 4) is 39.5 Å². The highest BCUT2D eigenvalue weighted by atomic mass is 16.5. The summed E-state index contributed by atoms with van der Waals surface area (Å²) in [5, 5.41) is 0. The average molecular weight is 679 g/mol. The zero-order valence-corrected chi connectivity index (χ0v) is 28.5. The molecule has 4 aromatic rings. The zero-order chi connectivity index (χ0) is 35.7. The van der Waals surface area contributed by atoms with Crippen molar-refractivity contribution in [2.75, 3.05) is 19.8 Å². The summed E-state index contributed by atoms with van der Waals surface area (Å²) in [4.78, 5) is 32.1. The Hall–Kier alpha value is -5.63. The number of rotatable bonds is 21. The molecule has 0 aromatic heterocycles. The fourth-order valence-corrected chi connectivity index (χ4v) is 4.77. The number of carbonyl (C=O) groups excluding carboxylic acids is 3. The summed E-state index contributed by atoms with van der Waals surface area (Å²) in [5.41, 5.74) is 4.78. The molecule has 4 rings (SSSR count). The first kappa shape index (κ1) is 38.8. The zero-order valence-electron chi connectivity index (χ0n) is 28.5. The summed E-state index contributed by atoms with van der Waals surface area (Å²) < 4.78 is 25.6. The molecule has 4 aromatic carbocycles. The average Bonchev–Trinajstić information content (AvgIpc) is 3.16. The van der Waals surface area contributed by atoms with E-state index in [1.54, 1.807) is 24.3 Å². The van der Waals surface area contributed by atoms with Gasteiger partial charge in [-0.05, 0) is 104 Å². The number of esters is 2. The van der Waals surface area contributed by atoms with Crippen molar-refractivity contribution in [3.05, 3.63) is 129 Å². The van der Waals surface area contributed by atoms with Crippen LogP contribution < -0.4 is 14.2 Å². The van der Waals surface area contributed by atoms with E-state index in [1.807, 2.05) is 18.2 Å². The fourth-order valence-electron chi connectivity index (χ4n) is 4.77. The summed E-state index contributed by atoms with van der Waals surface area (Å²) in [5.74, 6) is 1.49. The molecule has 0 aliphatic heterocycles. The quantitative estimate of drug-likeness (QED) is 0.0283. The van der Waals surface area contributed by atoms with Gasteiger partial charge in [-0.3, -0.25) is 9.59 Å². The van der Waals surface area contributed by atoms with Gasteiger partial charge < -0.3 is 23.7 Å². The van der Waals surface area contributed by atoms with Crippen LogP contribution in [0.4, 0.5) is 0 Å². The van der Waals surface area contributed by atoms with Crippen LogP contribution in [0.2, 0.25) is 0 Å². The van der Waals surface area contributed by atoms with Gasteiger partial charge in [0.25, 0.3) is 6.47 Å². The summed E-state index contributed by atoms with van der Waals surface area (Å²) >= 11 is 0.